The van der Waals surface area contributed by atoms with E-state index in [4.69, 9.17) is 5.26 Å². The van der Waals surface area contributed by atoms with Crippen molar-refractivity contribution < 1.29 is 19.2 Å². The first-order valence-corrected chi connectivity index (χ1v) is 10.3. The fourth-order valence-electron chi connectivity index (χ4n) is 3.61. The van der Waals surface area contributed by atoms with Crippen molar-refractivity contribution >= 4 is 39.6 Å². The summed E-state index contributed by atoms with van der Waals surface area (Å²) in [6, 6.07) is 6.84. The SMILES string of the molecule is N#CCC(=O)N1CCCN(C(=O)CCCN2C(=O)c3ccc(Br)cc3C2=O)CC1. The van der Waals surface area contributed by atoms with E-state index < -0.39 is 0 Å². The van der Waals surface area contributed by atoms with Crippen molar-refractivity contribution in [1.82, 2.24) is 14.7 Å². The van der Waals surface area contributed by atoms with Crippen molar-refractivity contribution in [3.63, 3.8) is 0 Å². The molecule has 1 aromatic rings. The topological polar surface area (TPSA) is 102 Å². The van der Waals surface area contributed by atoms with Crippen LogP contribution in [0.4, 0.5) is 0 Å². The highest BCUT2D eigenvalue weighted by atomic mass is 79.9. The van der Waals surface area contributed by atoms with E-state index in [0.717, 1.165) is 4.47 Å². The van der Waals surface area contributed by atoms with Crippen LogP contribution in [0.3, 0.4) is 0 Å². The highest BCUT2D eigenvalue weighted by molar-refractivity contribution is 9.10. The van der Waals surface area contributed by atoms with E-state index in [-0.39, 0.29) is 43.0 Å². The van der Waals surface area contributed by atoms with Crippen molar-refractivity contribution in [2.75, 3.05) is 32.7 Å². The predicted molar refractivity (Wildman–Crippen MR) is 107 cm³/mol. The van der Waals surface area contributed by atoms with Gasteiger partial charge >= 0.3 is 0 Å². The van der Waals surface area contributed by atoms with Crippen LogP contribution >= 0.6 is 15.9 Å². The highest BCUT2D eigenvalue weighted by Crippen LogP contribution is 2.26. The lowest BCUT2D eigenvalue weighted by Gasteiger charge is -2.22. The molecule has 4 amide bonds. The van der Waals surface area contributed by atoms with Crippen LogP contribution in [0.5, 0.6) is 0 Å². The van der Waals surface area contributed by atoms with Gasteiger partial charge in [-0.3, -0.25) is 24.1 Å². The maximum absolute atomic E-state index is 12.5. The summed E-state index contributed by atoms with van der Waals surface area (Å²) in [5, 5.41) is 8.66. The Morgan fingerprint density at radius 3 is 2.34 bits per heavy atom. The maximum Gasteiger partial charge on any atom is 0.261 e. The number of rotatable bonds is 5. The number of amides is 4. The van der Waals surface area contributed by atoms with Gasteiger partial charge in [-0.2, -0.15) is 5.26 Å². The molecule has 2 aliphatic rings. The zero-order valence-corrected chi connectivity index (χ0v) is 17.5. The largest absolute Gasteiger partial charge is 0.341 e. The molecule has 0 aromatic heterocycles. The van der Waals surface area contributed by atoms with E-state index in [1.165, 1.54) is 4.90 Å². The third kappa shape index (κ3) is 4.65. The van der Waals surface area contributed by atoms with E-state index in [2.05, 4.69) is 15.9 Å². The zero-order valence-electron chi connectivity index (χ0n) is 15.9. The molecule has 1 fully saturated rings. The van der Waals surface area contributed by atoms with Gasteiger partial charge in [0.05, 0.1) is 17.2 Å². The summed E-state index contributed by atoms with van der Waals surface area (Å²) in [6.45, 7) is 2.12. The molecule has 0 aliphatic carbocycles. The Kier molecular flexibility index (Phi) is 6.64. The number of benzene rings is 1. The van der Waals surface area contributed by atoms with Gasteiger partial charge in [0.2, 0.25) is 11.8 Å². The van der Waals surface area contributed by atoms with Crippen LogP contribution in [-0.2, 0) is 9.59 Å². The summed E-state index contributed by atoms with van der Waals surface area (Å²) < 4.78 is 0.734. The normalized spacial score (nSPS) is 16.5. The minimum absolute atomic E-state index is 0.0565. The van der Waals surface area contributed by atoms with Gasteiger partial charge in [-0.1, -0.05) is 15.9 Å². The smallest absolute Gasteiger partial charge is 0.261 e. The van der Waals surface area contributed by atoms with Crippen LogP contribution in [-0.4, -0.2) is 71.1 Å². The fraction of sp³-hybridized carbons (Fsp3) is 0.450. The molecule has 8 nitrogen and oxygen atoms in total. The number of nitriles is 1. The van der Waals surface area contributed by atoms with E-state index in [1.54, 1.807) is 28.0 Å². The summed E-state index contributed by atoms with van der Waals surface area (Å²) in [5.41, 5.74) is 0.768. The van der Waals surface area contributed by atoms with Gasteiger partial charge in [0.15, 0.2) is 0 Å². The summed E-state index contributed by atoms with van der Waals surface area (Å²) in [6.07, 6.45) is 1.13. The second-order valence-corrected chi connectivity index (χ2v) is 7.92. The number of fused-ring (bicyclic) bond motifs is 1. The van der Waals surface area contributed by atoms with E-state index in [1.807, 2.05) is 6.07 Å². The molecule has 2 heterocycles. The van der Waals surface area contributed by atoms with Gasteiger partial charge in [-0.15, -0.1) is 0 Å². The highest BCUT2D eigenvalue weighted by Gasteiger charge is 2.35. The Morgan fingerprint density at radius 1 is 1.00 bits per heavy atom. The van der Waals surface area contributed by atoms with Gasteiger partial charge in [-0.05, 0) is 31.0 Å². The van der Waals surface area contributed by atoms with Gasteiger partial charge < -0.3 is 9.80 Å². The molecule has 1 saturated heterocycles. The van der Waals surface area contributed by atoms with Gasteiger partial charge in [0, 0.05) is 43.6 Å². The molecular formula is C20H21BrN4O4. The maximum atomic E-state index is 12.5. The number of carbonyl (C=O) groups excluding carboxylic acids is 4. The first kappa shape index (κ1) is 21.0. The average Bonchev–Trinajstić information content (AvgIpc) is 2.87. The van der Waals surface area contributed by atoms with E-state index >= 15 is 0 Å². The zero-order chi connectivity index (χ0) is 21.0. The number of hydrogen-bond donors (Lipinski definition) is 0. The molecule has 0 radical (unpaired) electrons. The van der Waals surface area contributed by atoms with Crippen molar-refractivity contribution in [2.24, 2.45) is 0 Å². The van der Waals surface area contributed by atoms with Crippen molar-refractivity contribution in [2.45, 2.75) is 25.7 Å². The predicted octanol–water partition coefficient (Wildman–Crippen LogP) is 1.80. The first-order valence-electron chi connectivity index (χ1n) is 9.50. The van der Waals surface area contributed by atoms with Crippen LogP contribution in [0.2, 0.25) is 0 Å². The lowest BCUT2D eigenvalue weighted by molar-refractivity contribution is -0.133. The molecule has 29 heavy (non-hydrogen) atoms. The minimum atomic E-state index is -0.333. The lowest BCUT2D eigenvalue weighted by atomic mass is 10.1. The molecule has 0 bridgehead atoms. The summed E-state index contributed by atoms with van der Waals surface area (Å²) in [4.78, 5) is 53.8. The van der Waals surface area contributed by atoms with Crippen LogP contribution in [0.25, 0.3) is 0 Å². The Hall–Kier alpha value is -2.73. The van der Waals surface area contributed by atoms with Crippen LogP contribution in [0, 0.1) is 11.3 Å². The molecule has 0 unspecified atom stereocenters. The number of carbonyl (C=O) groups is 4. The van der Waals surface area contributed by atoms with Gasteiger partial charge in [0.1, 0.15) is 6.42 Å². The fourth-order valence-corrected chi connectivity index (χ4v) is 3.97. The summed E-state index contributed by atoms with van der Waals surface area (Å²) in [7, 11) is 0. The van der Waals surface area contributed by atoms with Crippen molar-refractivity contribution in [3.8, 4) is 6.07 Å². The Balaban J connectivity index is 1.49. The lowest BCUT2D eigenvalue weighted by Crippen LogP contribution is -2.37. The van der Waals surface area contributed by atoms with E-state index in [0.29, 0.717) is 50.1 Å². The summed E-state index contributed by atoms with van der Waals surface area (Å²) in [5.74, 6) is -0.926. The van der Waals surface area contributed by atoms with E-state index in [9.17, 15) is 19.2 Å². The molecular weight excluding hydrogens is 440 g/mol. The number of imide groups is 1. The quantitative estimate of drug-likeness (QED) is 0.623. The molecule has 2 aliphatic heterocycles. The molecule has 152 valence electrons. The third-order valence-electron chi connectivity index (χ3n) is 5.14. The number of hydrogen-bond acceptors (Lipinski definition) is 5. The monoisotopic (exact) mass is 460 g/mol. The first-order chi connectivity index (χ1) is 13.9. The molecule has 0 N–H and O–H groups in total. The Labute approximate surface area is 177 Å². The standard InChI is InChI=1S/C20H21BrN4O4/c21-14-4-5-15-16(13-14)20(29)25(19(15)28)10-1-3-17(26)23-8-2-9-24(12-11-23)18(27)6-7-22/h4-5,13H,1-3,6,8-12H2. The second kappa shape index (κ2) is 9.18. The Bertz CT molecular complexity index is 895. The van der Waals surface area contributed by atoms with Crippen LogP contribution < -0.4 is 0 Å². The average molecular weight is 461 g/mol. The summed E-state index contributed by atoms with van der Waals surface area (Å²) >= 11 is 3.30. The molecule has 0 atom stereocenters. The third-order valence-corrected chi connectivity index (χ3v) is 5.63. The number of halogens is 1. The molecule has 9 heteroatoms. The molecule has 0 spiro atoms. The van der Waals surface area contributed by atoms with Crippen molar-refractivity contribution in [3.05, 3.63) is 33.8 Å². The minimum Gasteiger partial charge on any atom is -0.341 e. The number of nitrogens with zero attached hydrogens (tertiary/aromatic N) is 4. The van der Waals surface area contributed by atoms with Gasteiger partial charge in [-0.25, -0.2) is 0 Å². The molecule has 0 saturated carbocycles. The van der Waals surface area contributed by atoms with Crippen LogP contribution in [0.1, 0.15) is 46.4 Å². The van der Waals surface area contributed by atoms with Gasteiger partial charge in [0.25, 0.3) is 11.8 Å². The molecule has 1 aromatic carbocycles. The van der Waals surface area contributed by atoms with Crippen LogP contribution in [0.15, 0.2) is 22.7 Å². The Morgan fingerprint density at radius 2 is 1.66 bits per heavy atom. The second-order valence-electron chi connectivity index (χ2n) is 7.01. The van der Waals surface area contributed by atoms with Crippen molar-refractivity contribution in [1.29, 1.82) is 5.26 Å². The molecule has 3 rings (SSSR count).